The lowest BCUT2D eigenvalue weighted by molar-refractivity contribution is -0.182. The van der Waals surface area contributed by atoms with Crippen molar-refractivity contribution in [2.24, 2.45) is 0 Å². The van der Waals surface area contributed by atoms with E-state index in [0.29, 0.717) is 30.9 Å². The Morgan fingerprint density at radius 3 is 2.40 bits per heavy atom. The van der Waals surface area contributed by atoms with E-state index in [0.717, 1.165) is 0 Å². The van der Waals surface area contributed by atoms with Crippen molar-refractivity contribution < 1.29 is 38.3 Å². The number of amides is 3. The molecule has 1 aliphatic rings. The second kappa shape index (κ2) is 10.6. The summed E-state index contributed by atoms with van der Waals surface area (Å²) in [6.07, 6.45) is 5.43. The SMILES string of the molecule is C#CC(=O)NCCCCCC(=O)OCOC(=O)ON1C(=O)CCC1=O. The Hall–Kier alpha value is -3.09. The third-order valence-electron chi connectivity index (χ3n) is 3.04. The quantitative estimate of drug-likeness (QED) is 0.202. The molecule has 1 saturated heterocycles. The minimum atomic E-state index is -1.32. The summed E-state index contributed by atoms with van der Waals surface area (Å²) >= 11 is 0. The molecule has 0 aromatic carbocycles. The van der Waals surface area contributed by atoms with Crippen molar-refractivity contribution in [1.82, 2.24) is 10.4 Å². The number of carbonyl (C=O) groups excluding carboxylic acids is 5. The van der Waals surface area contributed by atoms with Crippen LogP contribution in [0.3, 0.4) is 0 Å². The van der Waals surface area contributed by atoms with Gasteiger partial charge in [0, 0.05) is 25.8 Å². The van der Waals surface area contributed by atoms with Gasteiger partial charge < -0.3 is 14.8 Å². The van der Waals surface area contributed by atoms with E-state index in [2.05, 4.69) is 19.6 Å². The zero-order chi connectivity index (χ0) is 18.7. The lowest BCUT2D eigenvalue weighted by Gasteiger charge is -2.12. The molecule has 1 N–H and O–H groups in total. The summed E-state index contributed by atoms with van der Waals surface area (Å²) in [4.78, 5) is 60.2. The Morgan fingerprint density at radius 1 is 1.08 bits per heavy atom. The van der Waals surface area contributed by atoms with Crippen molar-refractivity contribution in [3.05, 3.63) is 0 Å². The molecule has 1 aliphatic heterocycles. The maximum atomic E-state index is 11.4. The van der Waals surface area contributed by atoms with Gasteiger partial charge in [-0.15, -0.1) is 6.42 Å². The number of carbonyl (C=O) groups is 5. The molecule has 0 aromatic heterocycles. The van der Waals surface area contributed by atoms with Crippen LogP contribution in [0.25, 0.3) is 0 Å². The minimum absolute atomic E-state index is 0.0342. The van der Waals surface area contributed by atoms with Gasteiger partial charge in [0.25, 0.3) is 17.7 Å². The van der Waals surface area contributed by atoms with E-state index < -0.39 is 36.6 Å². The van der Waals surface area contributed by atoms with E-state index in [-0.39, 0.29) is 19.3 Å². The average molecular weight is 354 g/mol. The lowest BCUT2D eigenvalue weighted by atomic mass is 10.2. The number of esters is 1. The van der Waals surface area contributed by atoms with Crippen LogP contribution in [0, 0.1) is 12.3 Å². The largest absolute Gasteiger partial charge is 0.536 e. The highest BCUT2D eigenvalue weighted by Crippen LogP contribution is 2.12. The summed E-state index contributed by atoms with van der Waals surface area (Å²) in [7, 11) is 0. The Kier molecular flexibility index (Phi) is 8.49. The summed E-state index contributed by atoms with van der Waals surface area (Å²) in [6, 6.07) is 0. The first-order valence-electron chi connectivity index (χ1n) is 7.54. The highest BCUT2D eigenvalue weighted by molar-refractivity contribution is 6.01. The highest BCUT2D eigenvalue weighted by Gasteiger charge is 2.33. The van der Waals surface area contributed by atoms with Gasteiger partial charge in [-0.1, -0.05) is 11.5 Å². The Morgan fingerprint density at radius 2 is 1.76 bits per heavy atom. The Bertz CT molecular complexity index is 565. The van der Waals surface area contributed by atoms with Crippen molar-refractivity contribution in [1.29, 1.82) is 0 Å². The first kappa shape index (κ1) is 20.0. The van der Waals surface area contributed by atoms with Crippen LogP contribution in [0.2, 0.25) is 0 Å². The summed E-state index contributed by atoms with van der Waals surface area (Å²) in [6.45, 7) is -0.271. The van der Waals surface area contributed by atoms with Crippen molar-refractivity contribution >= 4 is 29.8 Å². The smallest absolute Gasteiger partial charge is 0.428 e. The van der Waals surface area contributed by atoms with Crippen molar-refractivity contribution in [3.63, 3.8) is 0 Å². The fraction of sp³-hybridized carbons (Fsp3) is 0.533. The first-order valence-corrected chi connectivity index (χ1v) is 7.54. The maximum Gasteiger partial charge on any atom is 0.536 e. The number of nitrogens with one attached hydrogen (secondary N) is 1. The minimum Gasteiger partial charge on any atom is -0.428 e. The van der Waals surface area contributed by atoms with Crippen LogP contribution in [-0.2, 0) is 33.5 Å². The van der Waals surface area contributed by atoms with Crippen LogP contribution in [0.5, 0.6) is 0 Å². The molecule has 136 valence electrons. The molecule has 25 heavy (non-hydrogen) atoms. The molecule has 1 fully saturated rings. The summed E-state index contributed by atoms with van der Waals surface area (Å²) in [5, 5.41) is 2.81. The predicted octanol–water partition coefficient (Wildman–Crippen LogP) is 0.0141. The summed E-state index contributed by atoms with van der Waals surface area (Å²) in [5.41, 5.74) is 0. The fourth-order valence-electron chi connectivity index (χ4n) is 1.80. The van der Waals surface area contributed by atoms with E-state index >= 15 is 0 Å². The highest BCUT2D eigenvalue weighted by atomic mass is 16.9. The zero-order valence-electron chi connectivity index (χ0n) is 13.4. The summed E-state index contributed by atoms with van der Waals surface area (Å²) in [5.74, 6) is -0.439. The van der Waals surface area contributed by atoms with E-state index in [1.54, 1.807) is 0 Å². The molecule has 10 nitrogen and oxygen atoms in total. The van der Waals surface area contributed by atoms with Gasteiger partial charge in [0.15, 0.2) is 0 Å². The predicted molar refractivity (Wildman–Crippen MR) is 79.9 cm³/mol. The molecule has 0 saturated carbocycles. The van der Waals surface area contributed by atoms with Crippen LogP contribution < -0.4 is 5.32 Å². The average Bonchev–Trinajstić information content (AvgIpc) is 2.89. The topological polar surface area (TPSA) is 128 Å². The molecule has 0 spiro atoms. The van der Waals surface area contributed by atoms with Crippen molar-refractivity contribution in [2.45, 2.75) is 38.5 Å². The molecule has 1 rings (SSSR count). The maximum absolute atomic E-state index is 11.4. The molecule has 0 bridgehead atoms. The monoisotopic (exact) mass is 354 g/mol. The van der Waals surface area contributed by atoms with Gasteiger partial charge in [-0.2, -0.15) is 0 Å². The Balaban J connectivity index is 2.04. The first-order chi connectivity index (χ1) is 11.9. The third kappa shape index (κ3) is 7.83. The number of nitrogens with zero attached hydrogens (tertiary/aromatic N) is 1. The second-order valence-electron chi connectivity index (χ2n) is 4.91. The molecule has 0 aromatic rings. The van der Waals surface area contributed by atoms with Crippen LogP contribution in [0.1, 0.15) is 38.5 Å². The van der Waals surface area contributed by atoms with E-state index in [9.17, 15) is 24.0 Å². The van der Waals surface area contributed by atoms with E-state index in [1.807, 2.05) is 5.92 Å². The van der Waals surface area contributed by atoms with Gasteiger partial charge in [0.05, 0.1) is 0 Å². The zero-order valence-corrected chi connectivity index (χ0v) is 13.4. The number of hydrogen-bond donors (Lipinski definition) is 1. The van der Waals surface area contributed by atoms with Crippen LogP contribution >= 0.6 is 0 Å². The molecule has 1 heterocycles. The van der Waals surface area contributed by atoms with Gasteiger partial charge in [0.2, 0.25) is 6.79 Å². The molecule has 10 heteroatoms. The van der Waals surface area contributed by atoms with Gasteiger partial charge >= 0.3 is 12.1 Å². The molecule has 0 aliphatic carbocycles. The van der Waals surface area contributed by atoms with Crippen molar-refractivity contribution in [3.8, 4) is 12.3 Å². The van der Waals surface area contributed by atoms with E-state index in [4.69, 9.17) is 6.42 Å². The molecule has 0 unspecified atom stereocenters. The number of hydroxylamine groups is 2. The number of ether oxygens (including phenoxy) is 2. The van der Waals surface area contributed by atoms with E-state index in [1.165, 1.54) is 0 Å². The molecule has 0 radical (unpaired) electrons. The van der Waals surface area contributed by atoms with Gasteiger partial charge in [-0.05, 0) is 18.8 Å². The number of imide groups is 1. The second-order valence-corrected chi connectivity index (χ2v) is 4.91. The van der Waals surface area contributed by atoms with Crippen LogP contribution in [-0.4, -0.2) is 48.2 Å². The van der Waals surface area contributed by atoms with Gasteiger partial charge in [-0.25, -0.2) is 4.79 Å². The molecular weight excluding hydrogens is 336 g/mol. The third-order valence-corrected chi connectivity index (χ3v) is 3.04. The fourth-order valence-corrected chi connectivity index (χ4v) is 1.80. The van der Waals surface area contributed by atoms with Gasteiger partial charge in [0.1, 0.15) is 0 Å². The number of rotatable bonds is 9. The van der Waals surface area contributed by atoms with Gasteiger partial charge in [-0.3, -0.25) is 24.0 Å². The number of hydrogen-bond acceptors (Lipinski definition) is 8. The standard InChI is InChI=1S/C15H18N2O8/c1-2-11(18)16-9-5-3-4-6-14(21)23-10-24-15(22)25-17-12(19)7-8-13(17)20/h1H,3-10H2,(H,16,18). The Labute approximate surface area is 143 Å². The molecule has 3 amide bonds. The number of unbranched alkanes of at least 4 members (excludes halogenated alkanes) is 2. The molecule has 0 atom stereocenters. The lowest BCUT2D eigenvalue weighted by Crippen LogP contribution is -2.32. The van der Waals surface area contributed by atoms with Crippen molar-refractivity contribution in [2.75, 3.05) is 13.3 Å². The number of terminal acetylenes is 1. The van der Waals surface area contributed by atoms with Crippen LogP contribution in [0.15, 0.2) is 0 Å². The van der Waals surface area contributed by atoms with Crippen LogP contribution in [0.4, 0.5) is 4.79 Å². The molecular formula is C15H18N2O8. The summed E-state index contributed by atoms with van der Waals surface area (Å²) < 4.78 is 9.08. The normalized spacial score (nSPS) is 13.2.